The van der Waals surface area contributed by atoms with Crippen LogP contribution >= 0.6 is 0 Å². The minimum absolute atomic E-state index is 0.110. The van der Waals surface area contributed by atoms with E-state index >= 15 is 0 Å². The van der Waals surface area contributed by atoms with Gasteiger partial charge >= 0.3 is 6.03 Å². The van der Waals surface area contributed by atoms with Crippen molar-refractivity contribution in [3.8, 4) is 5.75 Å². The molecule has 2 rings (SSSR count). The van der Waals surface area contributed by atoms with E-state index in [9.17, 15) is 9.59 Å². The lowest BCUT2D eigenvalue weighted by molar-refractivity contribution is -0.130. The second kappa shape index (κ2) is 8.23. The fraction of sp³-hybridized carbons (Fsp3) is 0.579. The zero-order valence-electron chi connectivity index (χ0n) is 15.8. The van der Waals surface area contributed by atoms with Gasteiger partial charge in [-0.25, -0.2) is 4.79 Å². The van der Waals surface area contributed by atoms with Crippen molar-refractivity contribution in [2.45, 2.75) is 45.8 Å². The van der Waals surface area contributed by atoms with Crippen molar-refractivity contribution in [2.75, 3.05) is 27.2 Å². The van der Waals surface area contributed by atoms with Crippen LogP contribution < -0.4 is 10.1 Å². The summed E-state index contributed by atoms with van der Waals surface area (Å²) in [5, 5.41) is 2.77. The van der Waals surface area contributed by atoms with E-state index in [0.717, 1.165) is 24.2 Å². The Labute approximate surface area is 150 Å². The summed E-state index contributed by atoms with van der Waals surface area (Å²) < 4.78 is 6.13. The number of aryl methyl sites for hydroxylation is 2. The van der Waals surface area contributed by atoms with Gasteiger partial charge in [0.15, 0.2) is 0 Å². The lowest BCUT2D eigenvalue weighted by atomic mass is 10.1. The van der Waals surface area contributed by atoms with Crippen LogP contribution in [0.15, 0.2) is 18.2 Å². The summed E-state index contributed by atoms with van der Waals surface area (Å²) in [7, 11) is 3.36. The molecule has 0 bridgehead atoms. The van der Waals surface area contributed by atoms with E-state index in [-0.39, 0.29) is 18.0 Å². The maximum absolute atomic E-state index is 12.3. The Hall–Kier alpha value is -2.24. The van der Waals surface area contributed by atoms with Crippen molar-refractivity contribution >= 4 is 11.9 Å². The number of ether oxygens (including phenoxy) is 1. The molecule has 1 aromatic rings. The number of benzene rings is 1. The first kappa shape index (κ1) is 19.1. The predicted octanol–water partition coefficient (Wildman–Crippen LogP) is 2.33. The molecule has 6 nitrogen and oxygen atoms in total. The quantitative estimate of drug-likeness (QED) is 0.909. The fourth-order valence-electron chi connectivity index (χ4n) is 2.92. The molecule has 138 valence electrons. The third kappa shape index (κ3) is 5.11. The fourth-order valence-corrected chi connectivity index (χ4v) is 2.92. The summed E-state index contributed by atoms with van der Waals surface area (Å²) in [6.07, 6.45) is 1.69. The molecule has 6 heteroatoms. The Balaban J connectivity index is 1.84. The summed E-state index contributed by atoms with van der Waals surface area (Å²) >= 11 is 0. The van der Waals surface area contributed by atoms with E-state index in [1.807, 2.05) is 6.92 Å². The normalized spacial score (nSPS) is 16.3. The van der Waals surface area contributed by atoms with Gasteiger partial charge in [0, 0.05) is 40.0 Å². The van der Waals surface area contributed by atoms with Gasteiger partial charge in [0.25, 0.3) is 0 Å². The van der Waals surface area contributed by atoms with Crippen LogP contribution in [0, 0.1) is 13.8 Å². The number of nitrogens with zero attached hydrogens (tertiary/aromatic N) is 2. The molecule has 1 aliphatic heterocycles. The highest BCUT2D eigenvalue weighted by molar-refractivity contribution is 5.86. The Kier molecular flexibility index (Phi) is 6.28. The van der Waals surface area contributed by atoms with Crippen LogP contribution in [0.5, 0.6) is 5.75 Å². The number of hydrogen-bond donors (Lipinski definition) is 1. The highest BCUT2D eigenvalue weighted by Crippen LogP contribution is 2.24. The van der Waals surface area contributed by atoms with E-state index in [0.29, 0.717) is 13.1 Å². The van der Waals surface area contributed by atoms with Crippen LogP contribution in [0.1, 0.15) is 30.9 Å². The highest BCUT2D eigenvalue weighted by atomic mass is 16.5. The number of carbonyl (C=O) groups excluding carboxylic acids is 2. The molecule has 0 radical (unpaired) electrons. The number of carbonyl (C=O) groups is 2. The molecule has 25 heavy (non-hydrogen) atoms. The van der Waals surface area contributed by atoms with Crippen LogP contribution in [-0.2, 0) is 4.79 Å². The minimum atomic E-state index is -0.522. The van der Waals surface area contributed by atoms with Crippen LogP contribution in [0.3, 0.4) is 0 Å². The molecule has 0 aliphatic carbocycles. The highest BCUT2D eigenvalue weighted by Gasteiger charge is 2.26. The summed E-state index contributed by atoms with van der Waals surface area (Å²) in [5.41, 5.74) is 2.30. The molecule has 1 heterocycles. The van der Waals surface area contributed by atoms with Crippen LogP contribution in [0.4, 0.5) is 4.79 Å². The van der Waals surface area contributed by atoms with Crippen molar-refractivity contribution in [1.82, 2.24) is 15.1 Å². The van der Waals surface area contributed by atoms with Crippen molar-refractivity contribution in [3.63, 3.8) is 0 Å². The molecule has 1 fully saturated rings. The van der Waals surface area contributed by atoms with Gasteiger partial charge < -0.3 is 19.9 Å². The standard InChI is InChI=1S/C19H29N3O3/c1-13-6-7-14(2)17(12-13)25-16-8-10-22(11-9-16)19(24)20-15(3)18(23)21(4)5/h6-7,12,15-16H,8-11H2,1-5H3,(H,20,24)/t15-/m1/s1. The van der Waals surface area contributed by atoms with Crippen molar-refractivity contribution < 1.29 is 14.3 Å². The second-order valence-corrected chi connectivity index (χ2v) is 6.98. The molecule has 3 amide bonds. The van der Waals surface area contributed by atoms with Gasteiger partial charge in [-0.3, -0.25) is 4.79 Å². The molecule has 0 unspecified atom stereocenters. The number of piperidine rings is 1. The second-order valence-electron chi connectivity index (χ2n) is 6.98. The maximum Gasteiger partial charge on any atom is 0.318 e. The molecule has 1 atom stereocenters. The predicted molar refractivity (Wildman–Crippen MR) is 97.8 cm³/mol. The van der Waals surface area contributed by atoms with E-state index in [2.05, 4.69) is 30.4 Å². The average molecular weight is 347 g/mol. The van der Waals surface area contributed by atoms with Crippen LogP contribution in [-0.4, -0.2) is 61.1 Å². The Morgan fingerprint density at radius 3 is 2.48 bits per heavy atom. The minimum Gasteiger partial charge on any atom is -0.490 e. The monoisotopic (exact) mass is 347 g/mol. The molecule has 0 aromatic heterocycles. The smallest absolute Gasteiger partial charge is 0.318 e. The summed E-state index contributed by atoms with van der Waals surface area (Å²) in [6, 6.07) is 5.49. The van der Waals surface area contributed by atoms with E-state index in [1.54, 1.807) is 25.9 Å². The van der Waals surface area contributed by atoms with Crippen LogP contribution in [0.25, 0.3) is 0 Å². The molecule has 1 N–H and O–H groups in total. The number of amides is 3. The van der Waals surface area contributed by atoms with Gasteiger partial charge in [0.1, 0.15) is 17.9 Å². The molecular weight excluding hydrogens is 318 g/mol. The van der Waals surface area contributed by atoms with Crippen LogP contribution in [0.2, 0.25) is 0 Å². The lowest BCUT2D eigenvalue weighted by Crippen LogP contribution is -2.52. The van der Waals surface area contributed by atoms with Gasteiger partial charge in [-0.2, -0.15) is 0 Å². The van der Waals surface area contributed by atoms with Gasteiger partial charge in [0.05, 0.1) is 0 Å². The summed E-state index contributed by atoms with van der Waals surface area (Å²) in [4.78, 5) is 27.4. The topological polar surface area (TPSA) is 61.9 Å². The zero-order chi connectivity index (χ0) is 18.6. The van der Waals surface area contributed by atoms with Crippen molar-refractivity contribution in [2.24, 2.45) is 0 Å². The third-order valence-electron chi connectivity index (χ3n) is 4.52. The average Bonchev–Trinajstić information content (AvgIpc) is 2.57. The number of nitrogens with one attached hydrogen (secondary N) is 1. The van der Waals surface area contributed by atoms with Gasteiger partial charge in [0.2, 0.25) is 5.91 Å². The molecule has 1 aliphatic rings. The van der Waals surface area contributed by atoms with E-state index in [4.69, 9.17) is 4.74 Å². The first-order chi connectivity index (χ1) is 11.8. The first-order valence-corrected chi connectivity index (χ1v) is 8.78. The first-order valence-electron chi connectivity index (χ1n) is 8.78. The number of urea groups is 1. The Morgan fingerprint density at radius 1 is 1.24 bits per heavy atom. The number of rotatable bonds is 4. The van der Waals surface area contributed by atoms with E-state index < -0.39 is 6.04 Å². The van der Waals surface area contributed by atoms with Crippen molar-refractivity contribution in [1.29, 1.82) is 0 Å². The Morgan fingerprint density at radius 2 is 1.88 bits per heavy atom. The zero-order valence-corrected chi connectivity index (χ0v) is 15.8. The van der Waals surface area contributed by atoms with Gasteiger partial charge in [-0.1, -0.05) is 12.1 Å². The van der Waals surface area contributed by atoms with Gasteiger partial charge in [-0.05, 0) is 38.0 Å². The lowest BCUT2D eigenvalue weighted by Gasteiger charge is -2.33. The summed E-state index contributed by atoms with van der Waals surface area (Å²) in [5.74, 6) is 0.814. The summed E-state index contributed by atoms with van der Waals surface area (Å²) in [6.45, 7) is 7.06. The molecule has 0 spiro atoms. The van der Waals surface area contributed by atoms with E-state index in [1.165, 1.54) is 10.5 Å². The maximum atomic E-state index is 12.3. The Bertz CT molecular complexity index is 622. The molecule has 1 aromatic carbocycles. The number of hydrogen-bond acceptors (Lipinski definition) is 3. The number of likely N-dealkylation sites (N-methyl/N-ethyl adjacent to an activating group) is 1. The molecular formula is C19H29N3O3. The number of likely N-dealkylation sites (tertiary alicyclic amines) is 1. The molecule has 0 saturated carbocycles. The van der Waals surface area contributed by atoms with Gasteiger partial charge in [-0.15, -0.1) is 0 Å². The SMILES string of the molecule is Cc1ccc(C)c(OC2CCN(C(=O)N[C@H](C)C(=O)N(C)C)CC2)c1. The van der Waals surface area contributed by atoms with Crippen molar-refractivity contribution in [3.05, 3.63) is 29.3 Å². The largest absolute Gasteiger partial charge is 0.490 e. The molecule has 1 saturated heterocycles. The third-order valence-corrected chi connectivity index (χ3v) is 4.52.